The van der Waals surface area contributed by atoms with E-state index < -0.39 is 0 Å². The highest BCUT2D eigenvalue weighted by molar-refractivity contribution is 5.95. The lowest BCUT2D eigenvalue weighted by Crippen LogP contribution is -2.24. The van der Waals surface area contributed by atoms with Gasteiger partial charge in [0.05, 0.1) is 6.61 Å². The molecule has 0 spiro atoms. The fourth-order valence-corrected chi connectivity index (χ4v) is 2.53. The minimum Gasteiger partial charge on any atom is -0.269 e. The summed E-state index contributed by atoms with van der Waals surface area (Å²) in [6.45, 7) is 0.341. The van der Waals surface area contributed by atoms with E-state index in [1.54, 1.807) is 0 Å². The number of hydrogen-bond donors (Lipinski definition) is 1. The monoisotopic (exact) mass is 317 g/mol. The van der Waals surface area contributed by atoms with Crippen LogP contribution < -0.4 is 5.48 Å². The predicted octanol–water partition coefficient (Wildman–Crippen LogP) is 4.14. The first kappa shape index (κ1) is 16.0. The van der Waals surface area contributed by atoms with Crippen molar-refractivity contribution in [1.29, 1.82) is 0 Å². The molecule has 0 aliphatic carbocycles. The molecule has 0 atom stereocenters. The number of amides is 1. The molecule has 0 aliphatic heterocycles. The zero-order chi connectivity index (χ0) is 16.6. The second-order valence-corrected chi connectivity index (χ2v) is 5.52. The molecule has 1 N–H and O–H groups in total. The van der Waals surface area contributed by atoms with Gasteiger partial charge in [-0.25, -0.2) is 5.48 Å². The first-order chi connectivity index (χ1) is 11.8. The summed E-state index contributed by atoms with van der Waals surface area (Å²) in [6.07, 6.45) is 0.711. The molecule has 0 aromatic heterocycles. The normalized spacial score (nSPS) is 10.3. The Hall–Kier alpha value is -2.91. The summed E-state index contributed by atoms with van der Waals surface area (Å²) in [6, 6.07) is 27.4. The maximum atomic E-state index is 12.4. The maximum absolute atomic E-state index is 12.4. The van der Waals surface area contributed by atoms with Crippen LogP contribution in [0.1, 0.15) is 27.0 Å². The van der Waals surface area contributed by atoms with Crippen molar-refractivity contribution >= 4 is 5.91 Å². The summed E-state index contributed by atoms with van der Waals surface area (Å²) in [5, 5.41) is 0. The standard InChI is InChI=1S/C21H19NO2/c23-21(22-24-16-18-11-5-2-6-12-18)20-14-8-7-13-19(20)15-17-9-3-1-4-10-17/h1-14H,15-16H2,(H,22,23). The molecule has 0 radical (unpaired) electrons. The molecule has 3 aromatic carbocycles. The number of rotatable bonds is 6. The Labute approximate surface area is 141 Å². The number of carbonyl (C=O) groups excluding carboxylic acids is 1. The van der Waals surface area contributed by atoms with E-state index >= 15 is 0 Å². The highest BCUT2D eigenvalue weighted by atomic mass is 16.6. The van der Waals surface area contributed by atoms with Crippen LogP contribution in [0.4, 0.5) is 0 Å². The minimum absolute atomic E-state index is 0.225. The molecule has 3 aromatic rings. The first-order valence-electron chi connectivity index (χ1n) is 7.91. The molecular formula is C21H19NO2. The third kappa shape index (κ3) is 4.31. The molecule has 1 amide bonds. The number of nitrogens with one attached hydrogen (secondary N) is 1. The first-order valence-corrected chi connectivity index (χ1v) is 7.91. The van der Waals surface area contributed by atoms with E-state index in [2.05, 4.69) is 17.6 Å². The smallest absolute Gasteiger partial charge is 0.269 e. The summed E-state index contributed by atoms with van der Waals surface area (Å²) < 4.78 is 0. The Morgan fingerprint density at radius 3 is 2.04 bits per heavy atom. The quantitative estimate of drug-likeness (QED) is 0.694. The number of carbonyl (C=O) groups is 1. The van der Waals surface area contributed by atoms with Crippen molar-refractivity contribution in [3.63, 3.8) is 0 Å². The molecule has 0 heterocycles. The lowest BCUT2D eigenvalue weighted by atomic mass is 9.99. The summed E-state index contributed by atoms with van der Waals surface area (Å²) in [4.78, 5) is 17.8. The summed E-state index contributed by atoms with van der Waals surface area (Å²) >= 11 is 0. The van der Waals surface area contributed by atoms with Crippen LogP contribution in [-0.2, 0) is 17.9 Å². The molecule has 0 saturated heterocycles. The van der Waals surface area contributed by atoms with Crippen molar-refractivity contribution in [2.75, 3.05) is 0 Å². The lowest BCUT2D eigenvalue weighted by Gasteiger charge is -2.10. The zero-order valence-electron chi connectivity index (χ0n) is 13.3. The third-order valence-electron chi connectivity index (χ3n) is 3.75. The van der Waals surface area contributed by atoms with Gasteiger partial charge in [0.1, 0.15) is 0 Å². The number of hydrogen-bond acceptors (Lipinski definition) is 2. The number of benzene rings is 3. The molecule has 0 aliphatic rings. The van der Waals surface area contributed by atoms with Gasteiger partial charge >= 0.3 is 0 Å². The summed E-state index contributed by atoms with van der Waals surface area (Å²) in [5.41, 5.74) is 6.32. The fraction of sp³-hybridized carbons (Fsp3) is 0.0952. The second kappa shape index (κ2) is 8.09. The maximum Gasteiger partial charge on any atom is 0.275 e. The van der Waals surface area contributed by atoms with Crippen LogP contribution in [0.3, 0.4) is 0 Å². The van der Waals surface area contributed by atoms with Gasteiger partial charge < -0.3 is 0 Å². The van der Waals surface area contributed by atoms with Crippen LogP contribution in [0.25, 0.3) is 0 Å². The van der Waals surface area contributed by atoms with Crippen molar-refractivity contribution in [1.82, 2.24) is 5.48 Å². The topological polar surface area (TPSA) is 38.3 Å². The molecule has 0 unspecified atom stereocenters. The molecule has 0 fully saturated rings. The van der Waals surface area contributed by atoms with E-state index in [4.69, 9.17) is 4.84 Å². The molecular weight excluding hydrogens is 298 g/mol. The second-order valence-electron chi connectivity index (χ2n) is 5.52. The van der Waals surface area contributed by atoms with Gasteiger partial charge in [-0.1, -0.05) is 78.9 Å². The lowest BCUT2D eigenvalue weighted by molar-refractivity contribution is 0.0233. The van der Waals surface area contributed by atoms with Crippen LogP contribution in [0.15, 0.2) is 84.9 Å². The van der Waals surface area contributed by atoms with E-state index in [1.807, 2.05) is 72.8 Å². The van der Waals surface area contributed by atoms with E-state index in [9.17, 15) is 4.79 Å². The molecule has 120 valence electrons. The van der Waals surface area contributed by atoms with E-state index in [0.29, 0.717) is 18.6 Å². The Kier molecular flexibility index (Phi) is 5.38. The van der Waals surface area contributed by atoms with Gasteiger partial charge in [0, 0.05) is 5.56 Å². The van der Waals surface area contributed by atoms with Crippen molar-refractivity contribution in [2.45, 2.75) is 13.0 Å². The van der Waals surface area contributed by atoms with Crippen molar-refractivity contribution in [3.05, 3.63) is 107 Å². The van der Waals surface area contributed by atoms with Gasteiger partial charge in [-0.15, -0.1) is 0 Å². The molecule has 0 saturated carbocycles. The largest absolute Gasteiger partial charge is 0.275 e. The van der Waals surface area contributed by atoms with Crippen molar-refractivity contribution in [3.8, 4) is 0 Å². The van der Waals surface area contributed by atoms with Gasteiger partial charge in [-0.05, 0) is 29.2 Å². The van der Waals surface area contributed by atoms with E-state index in [0.717, 1.165) is 11.1 Å². The predicted molar refractivity (Wildman–Crippen MR) is 94.4 cm³/mol. The Morgan fingerprint density at radius 2 is 1.33 bits per heavy atom. The third-order valence-corrected chi connectivity index (χ3v) is 3.75. The average Bonchev–Trinajstić information content (AvgIpc) is 2.64. The van der Waals surface area contributed by atoms with Crippen molar-refractivity contribution in [2.24, 2.45) is 0 Å². The molecule has 3 nitrogen and oxygen atoms in total. The Bertz CT molecular complexity index is 785. The SMILES string of the molecule is O=C(NOCc1ccccc1)c1ccccc1Cc1ccccc1. The Balaban J connectivity index is 1.64. The van der Waals surface area contributed by atoms with Gasteiger partial charge in [-0.3, -0.25) is 9.63 Å². The van der Waals surface area contributed by atoms with Gasteiger partial charge in [-0.2, -0.15) is 0 Å². The minimum atomic E-state index is -0.225. The van der Waals surface area contributed by atoms with Gasteiger partial charge in [0.2, 0.25) is 0 Å². The van der Waals surface area contributed by atoms with Gasteiger partial charge in [0.25, 0.3) is 5.91 Å². The zero-order valence-corrected chi connectivity index (χ0v) is 13.3. The molecule has 3 rings (SSSR count). The van der Waals surface area contributed by atoms with E-state index in [-0.39, 0.29) is 5.91 Å². The highest BCUT2D eigenvalue weighted by Crippen LogP contribution is 2.14. The van der Waals surface area contributed by atoms with Crippen LogP contribution in [0, 0.1) is 0 Å². The summed E-state index contributed by atoms with van der Waals surface area (Å²) in [5.74, 6) is -0.225. The fourth-order valence-electron chi connectivity index (χ4n) is 2.53. The summed E-state index contributed by atoms with van der Waals surface area (Å²) in [7, 11) is 0. The van der Waals surface area contributed by atoms with Crippen LogP contribution in [0.2, 0.25) is 0 Å². The molecule has 3 heteroatoms. The van der Waals surface area contributed by atoms with Crippen LogP contribution >= 0.6 is 0 Å². The molecule has 24 heavy (non-hydrogen) atoms. The number of hydroxylamine groups is 1. The van der Waals surface area contributed by atoms with Gasteiger partial charge in [0.15, 0.2) is 0 Å². The van der Waals surface area contributed by atoms with Crippen molar-refractivity contribution < 1.29 is 9.63 Å². The highest BCUT2D eigenvalue weighted by Gasteiger charge is 2.11. The Morgan fingerprint density at radius 1 is 0.750 bits per heavy atom. The van der Waals surface area contributed by atoms with Crippen LogP contribution in [0.5, 0.6) is 0 Å². The molecule has 0 bridgehead atoms. The van der Waals surface area contributed by atoms with E-state index in [1.165, 1.54) is 5.56 Å². The average molecular weight is 317 g/mol. The van der Waals surface area contributed by atoms with Crippen LogP contribution in [-0.4, -0.2) is 5.91 Å².